The number of amides is 6. The lowest BCUT2D eigenvalue weighted by Gasteiger charge is -2.13. The van der Waals surface area contributed by atoms with Gasteiger partial charge < -0.3 is 14.2 Å². The van der Waals surface area contributed by atoms with Crippen molar-refractivity contribution in [1.82, 2.24) is 0 Å². The molecule has 3 aliphatic heterocycles. The summed E-state index contributed by atoms with van der Waals surface area (Å²) in [6.07, 6.45) is 0. The van der Waals surface area contributed by atoms with E-state index in [0.29, 0.717) is 0 Å². The van der Waals surface area contributed by atoms with Crippen LogP contribution in [-0.2, 0) is 0 Å². The Bertz CT molecular complexity index is 3410. The fourth-order valence-electron chi connectivity index (χ4n) is 8.20. The van der Waals surface area contributed by atoms with Gasteiger partial charge in [-0.05, 0) is 91.0 Å². The Morgan fingerprint density at radius 1 is 0.320 bits per heavy atom. The predicted molar refractivity (Wildman–Crippen MR) is 253 cm³/mol. The zero-order chi connectivity index (χ0) is 53.1. The third-order valence-corrected chi connectivity index (χ3v) is 11.8. The molecule has 24 heteroatoms. The molecule has 0 atom stereocenters. The van der Waals surface area contributed by atoms with Crippen LogP contribution >= 0.6 is 0 Å². The Kier molecular flexibility index (Phi) is 11.4. The average molecular weight is 1010 g/mol. The van der Waals surface area contributed by atoms with Gasteiger partial charge in [0, 0.05) is 54.6 Å². The maximum atomic E-state index is 13.7. The summed E-state index contributed by atoms with van der Waals surface area (Å²) in [4.78, 5) is 155. The number of ether oxygens (including phenoxy) is 3. The highest BCUT2D eigenvalue weighted by atomic mass is 16.6. The van der Waals surface area contributed by atoms with Crippen LogP contribution in [0.5, 0.6) is 17.2 Å². The first kappa shape index (κ1) is 47.3. The number of hydrogen-bond donors (Lipinski definition) is 0. The van der Waals surface area contributed by atoms with Gasteiger partial charge in [0.05, 0.1) is 81.9 Å². The molecule has 7 aromatic rings. The number of nitro groups is 3. The fourth-order valence-corrected chi connectivity index (χ4v) is 8.20. The van der Waals surface area contributed by atoms with E-state index in [-0.39, 0.29) is 84.2 Å². The van der Waals surface area contributed by atoms with Gasteiger partial charge in [-0.3, -0.25) is 59.1 Å². The van der Waals surface area contributed by atoms with E-state index in [2.05, 4.69) is 0 Å². The van der Waals surface area contributed by atoms with Gasteiger partial charge in [0.25, 0.3) is 52.5 Å². The molecular weight excluding hydrogens is 985 g/mol. The maximum Gasteiger partial charge on any atom is 0.343 e. The number of nitro benzene ring substituents is 3. The zero-order valence-electron chi connectivity index (χ0n) is 37.4. The molecule has 10 rings (SSSR count). The number of anilines is 3. The number of carbonyl (C=O) groups excluding carboxylic acids is 9. The van der Waals surface area contributed by atoms with Crippen LogP contribution in [0, 0.1) is 30.3 Å². The number of benzene rings is 7. The van der Waals surface area contributed by atoms with Gasteiger partial charge in [0.15, 0.2) is 0 Å². The van der Waals surface area contributed by atoms with Crippen LogP contribution in [0.3, 0.4) is 0 Å². The highest BCUT2D eigenvalue weighted by molar-refractivity contribution is 6.36. The second-order valence-corrected chi connectivity index (χ2v) is 16.2. The summed E-state index contributed by atoms with van der Waals surface area (Å²) in [6, 6.07) is 27.1. The van der Waals surface area contributed by atoms with Crippen LogP contribution < -0.4 is 28.9 Å². The van der Waals surface area contributed by atoms with E-state index in [1.54, 1.807) is 0 Å². The molecule has 0 radical (unpaired) electrons. The second kappa shape index (κ2) is 18.1. The molecule has 0 aliphatic carbocycles. The van der Waals surface area contributed by atoms with Gasteiger partial charge in [-0.1, -0.05) is 0 Å². The van der Waals surface area contributed by atoms with Gasteiger partial charge in [-0.2, -0.15) is 0 Å². The Morgan fingerprint density at radius 2 is 0.547 bits per heavy atom. The molecule has 0 unspecified atom stereocenters. The smallest absolute Gasteiger partial charge is 0.343 e. The van der Waals surface area contributed by atoms with Crippen LogP contribution in [0.15, 0.2) is 146 Å². The monoisotopic (exact) mass is 1010 g/mol. The molecule has 75 heavy (non-hydrogen) atoms. The SMILES string of the molecule is O=C(Oc1cc(OC(=O)c2ccc3c(c2)C(=O)N(c2ccc([N+](=O)[O-])cc2)C3=O)cc(OC(=O)c2ccc3c(c2)C(=O)N(c2ccc([N+](=O)[O-])cc2)C3=O)c1)c1ccc2c(c1)C(=O)N(c1ccc([N+](=O)[O-])cc1)C2=O. The Morgan fingerprint density at radius 3 is 0.773 bits per heavy atom. The quantitative estimate of drug-likeness (QED) is 0.0376. The third-order valence-electron chi connectivity index (χ3n) is 11.8. The lowest BCUT2D eigenvalue weighted by atomic mass is 10.1. The molecule has 0 bridgehead atoms. The molecule has 0 spiro atoms. The lowest BCUT2D eigenvalue weighted by molar-refractivity contribution is -0.385. The highest BCUT2D eigenvalue weighted by Crippen LogP contribution is 2.36. The van der Waals surface area contributed by atoms with E-state index >= 15 is 0 Å². The molecule has 0 aromatic heterocycles. The highest BCUT2D eigenvalue weighted by Gasteiger charge is 2.40. The van der Waals surface area contributed by atoms with Crippen LogP contribution in [0.2, 0.25) is 0 Å². The first-order valence-electron chi connectivity index (χ1n) is 21.5. The summed E-state index contributed by atoms with van der Waals surface area (Å²) in [7, 11) is 0. The molecule has 6 amide bonds. The molecule has 0 N–H and O–H groups in total. The van der Waals surface area contributed by atoms with Crippen molar-refractivity contribution in [2.75, 3.05) is 14.7 Å². The number of fused-ring (bicyclic) bond motifs is 3. The number of imide groups is 3. The molecule has 24 nitrogen and oxygen atoms in total. The lowest BCUT2D eigenvalue weighted by Crippen LogP contribution is -2.29. The van der Waals surface area contributed by atoms with Crippen molar-refractivity contribution in [2.24, 2.45) is 0 Å². The summed E-state index contributed by atoms with van der Waals surface area (Å²) >= 11 is 0. The number of non-ortho nitro benzene ring substituents is 3. The Hall–Kier alpha value is -11.4. The van der Waals surface area contributed by atoms with E-state index in [1.165, 1.54) is 72.8 Å². The molecule has 366 valence electrons. The number of rotatable bonds is 12. The van der Waals surface area contributed by atoms with E-state index in [1.807, 2.05) is 0 Å². The summed E-state index contributed by atoms with van der Waals surface area (Å²) in [5.74, 6) is -9.71. The van der Waals surface area contributed by atoms with Gasteiger partial charge in [0.1, 0.15) is 17.2 Å². The minimum atomic E-state index is -1.15. The summed E-state index contributed by atoms with van der Waals surface area (Å²) < 4.78 is 16.8. The van der Waals surface area contributed by atoms with Crippen molar-refractivity contribution in [2.45, 2.75) is 0 Å². The fraction of sp³-hybridized carbons (Fsp3) is 0. The second-order valence-electron chi connectivity index (χ2n) is 16.2. The summed E-state index contributed by atoms with van der Waals surface area (Å²) in [5.41, 5.74) is -2.66. The molecule has 7 aromatic carbocycles. The van der Waals surface area contributed by atoms with Crippen molar-refractivity contribution in [3.05, 3.63) is 226 Å². The molecule has 0 saturated heterocycles. The molecule has 3 aliphatic rings. The third kappa shape index (κ3) is 8.37. The van der Waals surface area contributed by atoms with E-state index < -0.39 is 85.4 Å². The number of hydrogen-bond acceptors (Lipinski definition) is 18. The van der Waals surface area contributed by atoms with Crippen molar-refractivity contribution in [1.29, 1.82) is 0 Å². The first-order valence-corrected chi connectivity index (χ1v) is 21.5. The largest absolute Gasteiger partial charge is 0.423 e. The van der Waals surface area contributed by atoms with E-state index in [0.717, 1.165) is 87.5 Å². The van der Waals surface area contributed by atoms with E-state index in [4.69, 9.17) is 14.2 Å². The Labute approximate surface area is 416 Å². The first-order chi connectivity index (χ1) is 35.9. The van der Waals surface area contributed by atoms with Crippen LogP contribution in [0.4, 0.5) is 34.1 Å². The summed E-state index contributed by atoms with van der Waals surface area (Å²) in [6.45, 7) is 0. The van der Waals surface area contributed by atoms with Gasteiger partial charge in [0.2, 0.25) is 0 Å². The van der Waals surface area contributed by atoms with Crippen molar-refractivity contribution in [3.63, 3.8) is 0 Å². The van der Waals surface area contributed by atoms with Crippen molar-refractivity contribution in [3.8, 4) is 17.2 Å². The maximum absolute atomic E-state index is 13.7. The van der Waals surface area contributed by atoms with Gasteiger partial charge >= 0.3 is 17.9 Å². The van der Waals surface area contributed by atoms with Crippen LogP contribution in [-0.4, -0.2) is 68.1 Å². The zero-order valence-corrected chi connectivity index (χ0v) is 37.4. The minimum absolute atomic E-state index is 0.0118. The van der Waals surface area contributed by atoms with Crippen molar-refractivity contribution >= 4 is 87.5 Å². The Balaban J connectivity index is 0.928. The average Bonchev–Trinajstić information content (AvgIpc) is 3.92. The molecule has 0 fully saturated rings. The molecular formula is C51H24N6O18. The number of nitrogens with zero attached hydrogens (tertiary/aromatic N) is 6. The minimum Gasteiger partial charge on any atom is -0.423 e. The number of carbonyl (C=O) groups is 9. The molecule has 3 heterocycles. The van der Waals surface area contributed by atoms with Crippen LogP contribution in [0.1, 0.15) is 93.2 Å². The van der Waals surface area contributed by atoms with E-state index in [9.17, 15) is 73.5 Å². The molecule has 0 saturated carbocycles. The normalized spacial score (nSPS) is 13.4. The topological polar surface area (TPSA) is 320 Å². The van der Waals surface area contributed by atoms with Gasteiger partial charge in [-0.25, -0.2) is 29.1 Å². The van der Waals surface area contributed by atoms with Gasteiger partial charge in [-0.15, -0.1) is 0 Å². The number of esters is 3. The van der Waals surface area contributed by atoms with Crippen LogP contribution in [0.25, 0.3) is 0 Å². The van der Waals surface area contributed by atoms with Crippen molar-refractivity contribution < 1.29 is 72.1 Å². The standard InChI is InChI=1S/C51H24N6O18/c58-43-37-16-1-25(19-40(37)46(61)52(43)28-4-10-31(11-5-28)55(67)68)49(64)73-34-22-35(74-50(65)26-2-17-38-41(20-26)47(62)53(44(38)59)29-6-12-32(13-7-29)56(69)70)24-36(23-34)75-51(66)27-3-18-39-42(21-27)48(63)54(45(39)60)30-8-14-33(15-9-30)57(71)72/h1-24H. The summed E-state index contributed by atoms with van der Waals surface area (Å²) in [5, 5.41) is 33.5. The predicted octanol–water partition coefficient (Wildman–Crippen LogP) is 7.47.